The van der Waals surface area contributed by atoms with Crippen LogP contribution in [0.3, 0.4) is 0 Å². The van der Waals surface area contributed by atoms with Crippen LogP contribution >= 0.6 is 0 Å². The van der Waals surface area contributed by atoms with Crippen LogP contribution in [-0.4, -0.2) is 37.1 Å². The summed E-state index contributed by atoms with van der Waals surface area (Å²) in [4.78, 5) is 2.64. The molecule has 0 aromatic rings. The first-order valence-electron chi connectivity index (χ1n) is 7.10. The van der Waals surface area contributed by atoms with Crippen molar-refractivity contribution in [2.45, 2.75) is 58.0 Å². The second-order valence-corrected chi connectivity index (χ2v) is 6.20. The summed E-state index contributed by atoms with van der Waals surface area (Å²) in [5.41, 5.74) is 0. The van der Waals surface area contributed by atoms with E-state index in [1.807, 2.05) is 0 Å². The minimum Gasteiger partial charge on any atom is -0.314 e. The molecule has 0 saturated heterocycles. The van der Waals surface area contributed by atoms with Gasteiger partial charge in [-0.05, 0) is 51.1 Å². The molecule has 2 heteroatoms. The molecule has 16 heavy (non-hydrogen) atoms. The number of rotatable bonds is 6. The lowest BCUT2D eigenvalue weighted by Gasteiger charge is -2.45. The molecule has 2 atom stereocenters. The van der Waals surface area contributed by atoms with Gasteiger partial charge in [-0.2, -0.15) is 0 Å². The van der Waals surface area contributed by atoms with Crippen LogP contribution in [0.5, 0.6) is 0 Å². The third-order valence-corrected chi connectivity index (χ3v) is 4.50. The molecule has 0 radical (unpaired) electrons. The zero-order valence-corrected chi connectivity index (χ0v) is 11.2. The fourth-order valence-corrected chi connectivity index (χ4v) is 2.97. The third-order valence-electron chi connectivity index (χ3n) is 4.50. The predicted octanol–water partition coefficient (Wildman–Crippen LogP) is 2.49. The normalized spacial score (nSPS) is 30.6. The SMILES string of the molecule is CC(C)NCC1CCC1N(C)CC1CCC1. The molecule has 1 N–H and O–H groups in total. The molecule has 2 aliphatic carbocycles. The van der Waals surface area contributed by atoms with Crippen molar-refractivity contribution in [1.29, 1.82) is 0 Å². The van der Waals surface area contributed by atoms with Crippen molar-refractivity contribution in [2.75, 3.05) is 20.1 Å². The van der Waals surface area contributed by atoms with E-state index in [1.54, 1.807) is 0 Å². The lowest BCUT2D eigenvalue weighted by Crippen LogP contribution is -2.51. The van der Waals surface area contributed by atoms with Gasteiger partial charge in [0.05, 0.1) is 0 Å². The second-order valence-electron chi connectivity index (χ2n) is 6.20. The molecule has 2 aliphatic rings. The van der Waals surface area contributed by atoms with Crippen molar-refractivity contribution < 1.29 is 0 Å². The van der Waals surface area contributed by atoms with E-state index in [1.165, 1.54) is 45.2 Å². The summed E-state index contributed by atoms with van der Waals surface area (Å²) in [5.74, 6) is 1.93. The smallest absolute Gasteiger partial charge is 0.0133 e. The molecule has 2 fully saturated rings. The average Bonchev–Trinajstić information content (AvgIpc) is 2.09. The third kappa shape index (κ3) is 2.98. The monoisotopic (exact) mass is 224 g/mol. The Morgan fingerprint density at radius 3 is 2.38 bits per heavy atom. The van der Waals surface area contributed by atoms with Gasteiger partial charge in [-0.15, -0.1) is 0 Å². The van der Waals surface area contributed by atoms with Gasteiger partial charge in [-0.3, -0.25) is 0 Å². The second kappa shape index (κ2) is 5.50. The average molecular weight is 224 g/mol. The van der Waals surface area contributed by atoms with Gasteiger partial charge < -0.3 is 10.2 Å². The summed E-state index contributed by atoms with van der Waals surface area (Å²) in [6, 6.07) is 1.50. The van der Waals surface area contributed by atoms with Crippen LogP contribution in [0.4, 0.5) is 0 Å². The van der Waals surface area contributed by atoms with E-state index in [9.17, 15) is 0 Å². The van der Waals surface area contributed by atoms with E-state index in [-0.39, 0.29) is 0 Å². The van der Waals surface area contributed by atoms with E-state index in [4.69, 9.17) is 0 Å². The first kappa shape index (κ1) is 12.4. The van der Waals surface area contributed by atoms with Crippen LogP contribution in [0.1, 0.15) is 46.0 Å². The molecular weight excluding hydrogens is 196 g/mol. The minimum atomic E-state index is 0.637. The van der Waals surface area contributed by atoms with Gasteiger partial charge in [-0.25, -0.2) is 0 Å². The highest BCUT2D eigenvalue weighted by molar-refractivity contribution is 4.90. The van der Waals surface area contributed by atoms with E-state index in [2.05, 4.69) is 31.1 Å². The Labute approximate surface area is 101 Å². The van der Waals surface area contributed by atoms with Crippen LogP contribution in [0, 0.1) is 11.8 Å². The highest BCUT2D eigenvalue weighted by Gasteiger charge is 2.34. The topological polar surface area (TPSA) is 15.3 Å². The Balaban J connectivity index is 1.67. The van der Waals surface area contributed by atoms with Gasteiger partial charge in [0.15, 0.2) is 0 Å². The maximum Gasteiger partial charge on any atom is 0.0133 e. The van der Waals surface area contributed by atoms with Gasteiger partial charge in [0.1, 0.15) is 0 Å². The molecule has 0 spiro atoms. The molecule has 0 aliphatic heterocycles. The van der Waals surface area contributed by atoms with Crippen LogP contribution in [-0.2, 0) is 0 Å². The Morgan fingerprint density at radius 1 is 1.19 bits per heavy atom. The van der Waals surface area contributed by atoms with Crippen molar-refractivity contribution in [3.8, 4) is 0 Å². The van der Waals surface area contributed by atoms with Crippen LogP contribution in [0.25, 0.3) is 0 Å². The van der Waals surface area contributed by atoms with Crippen molar-refractivity contribution in [3.63, 3.8) is 0 Å². The lowest BCUT2D eigenvalue weighted by atomic mass is 9.77. The maximum atomic E-state index is 3.59. The first-order valence-corrected chi connectivity index (χ1v) is 7.10. The largest absolute Gasteiger partial charge is 0.314 e. The highest BCUT2D eigenvalue weighted by atomic mass is 15.2. The fraction of sp³-hybridized carbons (Fsp3) is 1.00. The number of nitrogens with zero attached hydrogens (tertiary/aromatic N) is 1. The number of hydrogen-bond acceptors (Lipinski definition) is 2. The predicted molar refractivity (Wildman–Crippen MR) is 69.6 cm³/mol. The molecule has 2 unspecified atom stereocenters. The van der Waals surface area contributed by atoms with E-state index in [0.29, 0.717) is 6.04 Å². The van der Waals surface area contributed by atoms with Crippen LogP contribution in [0.15, 0.2) is 0 Å². The zero-order valence-electron chi connectivity index (χ0n) is 11.2. The van der Waals surface area contributed by atoms with Gasteiger partial charge in [0.2, 0.25) is 0 Å². The van der Waals surface area contributed by atoms with Crippen LogP contribution in [0.2, 0.25) is 0 Å². The van der Waals surface area contributed by atoms with Crippen molar-refractivity contribution in [3.05, 3.63) is 0 Å². The standard InChI is InChI=1S/C14H28N2/c1-11(2)15-9-13-7-8-14(13)16(3)10-12-5-4-6-12/h11-15H,4-10H2,1-3H3. The minimum absolute atomic E-state index is 0.637. The molecule has 2 saturated carbocycles. The van der Waals surface area contributed by atoms with Crippen molar-refractivity contribution in [2.24, 2.45) is 11.8 Å². The summed E-state index contributed by atoms with van der Waals surface area (Å²) in [6.07, 6.45) is 7.28. The number of hydrogen-bond donors (Lipinski definition) is 1. The van der Waals surface area contributed by atoms with Gasteiger partial charge in [-0.1, -0.05) is 20.3 Å². The molecule has 2 rings (SSSR count). The molecule has 0 amide bonds. The molecule has 0 heterocycles. The summed E-state index contributed by atoms with van der Waals surface area (Å²) in [5, 5.41) is 3.59. The quantitative estimate of drug-likeness (QED) is 0.746. The Hall–Kier alpha value is -0.0800. The first-order chi connectivity index (χ1) is 7.66. The Kier molecular flexibility index (Phi) is 4.26. The summed E-state index contributed by atoms with van der Waals surface area (Å²) < 4.78 is 0. The fourth-order valence-electron chi connectivity index (χ4n) is 2.97. The molecular formula is C14H28N2. The summed E-state index contributed by atoms with van der Waals surface area (Å²) in [6.45, 7) is 7.05. The van der Waals surface area contributed by atoms with Gasteiger partial charge in [0, 0.05) is 18.6 Å². The Bertz CT molecular complexity index is 211. The number of nitrogens with one attached hydrogen (secondary N) is 1. The molecule has 0 bridgehead atoms. The van der Waals surface area contributed by atoms with E-state index >= 15 is 0 Å². The van der Waals surface area contributed by atoms with Crippen molar-refractivity contribution in [1.82, 2.24) is 10.2 Å². The van der Waals surface area contributed by atoms with E-state index < -0.39 is 0 Å². The van der Waals surface area contributed by atoms with Crippen LogP contribution < -0.4 is 5.32 Å². The maximum absolute atomic E-state index is 3.59. The van der Waals surface area contributed by atoms with Gasteiger partial charge in [0.25, 0.3) is 0 Å². The van der Waals surface area contributed by atoms with Gasteiger partial charge >= 0.3 is 0 Å². The zero-order chi connectivity index (χ0) is 11.5. The summed E-state index contributed by atoms with van der Waals surface area (Å²) >= 11 is 0. The summed E-state index contributed by atoms with van der Waals surface area (Å²) in [7, 11) is 2.34. The Morgan fingerprint density at radius 2 is 1.94 bits per heavy atom. The lowest BCUT2D eigenvalue weighted by molar-refractivity contribution is 0.0574. The molecule has 94 valence electrons. The van der Waals surface area contributed by atoms with Crippen molar-refractivity contribution >= 4 is 0 Å². The van der Waals surface area contributed by atoms with E-state index in [0.717, 1.165) is 17.9 Å². The molecule has 2 nitrogen and oxygen atoms in total. The molecule has 0 aromatic heterocycles. The molecule has 0 aromatic carbocycles. The highest BCUT2D eigenvalue weighted by Crippen LogP contribution is 2.34.